The van der Waals surface area contributed by atoms with E-state index in [-0.39, 0.29) is 23.7 Å². The molecule has 1 N–H and O–H groups in total. The molecule has 1 aliphatic rings. The van der Waals surface area contributed by atoms with E-state index in [1.807, 2.05) is 0 Å². The number of fused-ring (bicyclic) bond motifs is 1. The van der Waals surface area contributed by atoms with Crippen LogP contribution in [0.3, 0.4) is 0 Å². The minimum atomic E-state index is -4.48. The first-order chi connectivity index (χ1) is 13.5. The van der Waals surface area contributed by atoms with Crippen molar-refractivity contribution in [3.8, 4) is 0 Å². The molecule has 2 heterocycles. The minimum absolute atomic E-state index is 0.144. The predicted molar refractivity (Wildman–Crippen MR) is 97.8 cm³/mol. The molecule has 158 valence electrons. The van der Waals surface area contributed by atoms with E-state index in [4.69, 9.17) is 14.2 Å². The van der Waals surface area contributed by atoms with E-state index in [0.29, 0.717) is 12.1 Å². The largest absolute Gasteiger partial charge is 0.494 e. The first-order valence-electron chi connectivity index (χ1n) is 8.93. The van der Waals surface area contributed by atoms with Gasteiger partial charge in [0.2, 0.25) is 0 Å². The van der Waals surface area contributed by atoms with E-state index >= 15 is 0 Å². The SMILES string of the molecule is Cn1c([C@@H](NC(=O)OC(C)(C)C)C2=COCCO2)nc2cc(C(F)(F)F)ccc21. The highest BCUT2D eigenvalue weighted by atomic mass is 19.4. The van der Waals surface area contributed by atoms with Crippen LogP contribution in [0.1, 0.15) is 38.2 Å². The van der Waals surface area contributed by atoms with Gasteiger partial charge in [-0.1, -0.05) is 0 Å². The van der Waals surface area contributed by atoms with Gasteiger partial charge in [0, 0.05) is 7.05 Å². The van der Waals surface area contributed by atoms with Gasteiger partial charge in [0.1, 0.15) is 30.9 Å². The molecule has 0 spiro atoms. The Hall–Kier alpha value is -2.91. The average Bonchev–Trinajstić information content (AvgIpc) is 2.94. The molecule has 0 bridgehead atoms. The molecule has 1 amide bonds. The van der Waals surface area contributed by atoms with E-state index in [2.05, 4.69) is 10.3 Å². The topological polar surface area (TPSA) is 74.6 Å². The normalized spacial score (nSPS) is 15.9. The lowest BCUT2D eigenvalue weighted by Crippen LogP contribution is -2.37. The van der Waals surface area contributed by atoms with Crippen LogP contribution in [0.15, 0.2) is 30.2 Å². The molecule has 10 heteroatoms. The van der Waals surface area contributed by atoms with Crippen LogP contribution in [0.25, 0.3) is 11.0 Å². The summed E-state index contributed by atoms with van der Waals surface area (Å²) in [5, 5.41) is 2.67. The third-order valence-corrected chi connectivity index (χ3v) is 4.12. The van der Waals surface area contributed by atoms with Gasteiger partial charge in [-0.25, -0.2) is 9.78 Å². The maximum absolute atomic E-state index is 13.0. The van der Waals surface area contributed by atoms with Gasteiger partial charge in [0.15, 0.2) is 11.8 Å². The maximum Gasteiger partial charge on any atom is 0.416 e. The number of carbonyl (C=O) groups is 1. The minimum Gasteiger partial charge on any atom is -0.494 e. The summed E-state index contributed by atoms with van der Waals surface area (Å²) in [6, 6.07) is 2.39. The molecule has 1 aromatic carbocycles. The van der Waals surface area contributed by atoms with Gasteiger partial charge in [-0.05, 0) is 39.0 Å². The fourth-order valence-electron chi connectivity index (χ4n) is 2.88. The number of hydrogen-bond acceptors (Lipinski definition) is 5. The van der Waals surface area contributed by atoms with E-state index in [1.54, 1.807) is 32.4 Å². The van der Waals surface area contributed by atoms with Crippen LogP contribution >= 0.6 is 0 Å². The molecule has 0 aliphatic carbocycles. The lowest BCUT2D eigenvalue weighted by molar-refractivity contribution is -0.137. The predicted octanol–water partition coefficient (Wildman–Crippen LogP) is 4.05. The smallest absolute Gasteiger partial charge is 0.416 e. The summed E-state index contributed by atoms with van der Waals surface area (Å²) in [6.45, 7) is 5.76. The maximum atomic E-state index is 13.0. The van der Waals surface area contributed by atoms with Gasteiger partial charge in [-0.15, -0.1) is 0 Å². The zero-order valence-electron chi connectivity index (χ0n) is 16.5. The Balaban J connectivity index is 2.02. The number of benzene rings is 1. The molecule has 0 saturated carbocycles. The van der Waals surface area contributed by atoms with Crippen molar-refractivity contribution in [2.75, 3.05) is 13.2 Å². The number of ether oxygens (including phenoxy) is 3. The van der Waals surface area contributed by atoms with Gasteiger partial charge < -0.3 is 24.1 Å². The number of imidazole rings is 1. The highest BCUT2D eigenvalue weighted by Crippen LogP contribution is 2.33. The first-order valence-corrected chi connectivity index (χ1v) is 8.93. The molecule has 0 radical (unpaired) electrons. The summed E-state index contributed by atoms with van der Waals surface area (Å²) in [5.74, 6) is 0.554. The number of amides is 1. The lowest BCUT2D eigenvalue weighted by Gasteiger charge is -2.26. The van der Waals surface area contributed by atoms with Crippen molar-refractivity contribution in [2.24, 2.45) is 7.05 Å². The summed E-state index contributed by atoms with van der Waals surface area (Å²) in [7, 11) is 1.64. The molecule has 7 nitrogen and oxygen atoms in total. The standard InChI is InChI=1S/C19H22F3N3O4/c1-18(2,3)29-17(26)24-15(14-10-27-7-8-28-14)16-23-12-9-11(19(20,21)22)5-6-13(12)25(16)4/h5-6,9-10,15H,7-8H2,1-4H3,(H,24,26)/t15-/m0/s1. The number of nitrogens with zero attached hydrogens (tertiary/aromatic N) is 2. The molecule has 0 saturated heterocycles. The monoisotopic (exact) mass is 413 g/mol. The Bertz CT molecular complexity index is 945. The van der Waals surface area contributed by atoms with Crippen molar-refractivity contribution in [1.29, 1.82) is 0 Å². The molecule has 3 rings (SSSR count). The number of alkyl carbamates (subject to hydrolysis) is 1. The number of aromatic nitrogens is 2. The molecule has 2 aromatic rings. The average molecular weight is 413 g/mol. The first kappa shape index (κ1) is 20.8. The Kier molecular flexibility index (Phi) is 5.38. The summed E-state index contributed by atoms with van der Waals surface area (Å²) in [6.07, 6.45) is -3.85. The Morgan fingerprint density at radius 1 is 1.28 bits per heavy atom. The number of rotatable bonds is 3. The second-order valence-electron chi connectivity index (χ2n) is 7.55. The van der Waals surface area contributed by atoms with Crippen LogP contribution in [0.2, 0.25) is 0 Å². The summed E-state index contributed by atoms with van der Waals surface area (Å²) in [5.41, 5.74) is -0.921. The molecule has 1 aromatic heterocycles. The quantitative estimate of drug-likeness (QED) is 0.822. The molecule has 0 fully saturated rings. The van der Waals surface area contributed by atoms with Crippen LogP contribution in [-0.4, -0.2) is 34.5 Å². The highest BCUT2D eigenvalue weighted by Gasteiger charge is 2.33. The third kappa shape index (κ3) is 4.75. The second-order valence-corrected chi connectivity index (χ2v) is 7.55. The highest BCUT2D eigenvalue weighted by molar-refractivity contribution is 5.77. The van der Waals surface area contributed by atoms with Crippen molar-refractivity contribution >= 4 is 17.1 Å². The van der Waals surface area contributed by atoms with Crippen molar-refractivity contribution < 1.29 is 32.2 Å². The summed E-state index contributed by atoms with van der Waals surface area (Å²) < 4.78 is 56.9. The third-order valence-electron chi connectivity index (χ3n) is 4.12. The molecular formula is C19H22F3N3O4. The zero-order chi connectivity index (χ0) is 21.4. The Labute approximate surface area is 165 Å². The van der Waals surface area contributed by atoms with E-state index in [0.717, 1.165) is 12.1 Å². The van der Waals surface area contributed by atoms with E-state index in [9.17, 15) is 18.0 Å². The number of hydrogen-bond donors (Lipinski definition) is 1. The molecule has 29 heavy (non-hydrogen) atoms. The Morgan fingerprint density at radius 3 is 2.59 bits per heavy atom. The lowest BCUT2D eigenvalue weighted by atomic mass is 10.2. The molecule has 1 aliphatic heterocycles. The van der Waals surface area contributed by atoms with Crippen LogP contribution < -0.4 is 5.32 Å². The fourth-order valence-corrected chi connectivity index (χ4v) is 2.88. The van der Waals surface area contributed by atoms with Gasteiger partial charge >= 0.3 is 12.3 Å². The number of halogens is 3. The Morgan fingerprint density at radius 2 is 2.00 bits per heavy atom. The van der Waals surface area contributed by atoms with Gasteiger partial charge in [0.05, 0.1) is 16.6 Å². The molecular weight excluding hydrogens is 391 g/mol. The van der Waals surface area contributed by atoms with Crippen LogP contribution in [-0.2, 0) is 27.4 Å². The second kappa shape index (κ2) is 7.49. The van der Waals surface area contributed by atoms with Crippen LogP contribution in [0, 0.1) is 0 Å². The van der Waals surface area contributed by atoms with Gasteiger partial charge in [-0.3, -0.25) is 0 Å². The van der Waals surface area contributed by atoms with Gasteiger partial charge in [-0.2, -0.15) is 13.2 Å². The summed E-state index contributed by atoms with van der Waals surface area (Å²) in [4.78, 5) is 16.7. The van der Waals surface area contributed by atoms with E-state index < -0.39 is 29.5 Å². The number of aryl methyl sites for hydroxylation is 1. The fraction of sp³-hybridized carbons (Fsp3) is 0.474. The molecule has 0 unspecified atom stereocenters. The zero-order valence-corrected chi connectivity index (χ0v) is 16.5. The number of alkyl halides is 3. The number of nitrogens with one attached hydrogen (secondary N) is 1. The van der Waals surface area contributed by atoms with E-state index in [1.165, 1.54) is 12.3 Å². The van der Waals surface area contributed by atoms with Crippen LogP contribution in [0.5, 0.6) is 0 Å². The van der Waals surface area contributed by atoms with Crippen LogP contribution in [0.4, 0.5) is 18.0 Å². The summed E-state index contributed by atoms with van der Waals surface area (Å²) >= 11 is 0. The number of carbonyl (C=O) groups excluding carboxylic acids is 1. The van der Waals surface area contributed by atoms with Gasteiger partial charge in [0.25, 0.3) is 0 Å². The van der Waals surface area contributed by atoms with Crippen molar-refractivity contribution in [3.63, 3.8) is 0 Å². The molecule has 1 atom stereocenters. The van der Waals surface area contributed by atoms with Crippen molar-refractivity contribution in [3.05, 3.63) is 41.6 Å². The van der Waals surface area contributed by atoms with Crippen molar-refractivity contribution in [1.82, 2.24) is 14.9 Å². The van der Waals surface area contributed by atoms with Crippen molar-refractivity contribution in [2.45, 2.75) is 38.6 Å².